The van der Waals surface area contributed by atoms with Crippen molar-refractivity contribution in [3.8, 4) is 5.75 Å². The predicted molar refractivity (Wildman–Crippen MR) is 109 cm³/mol. The monoisotopic (exact) mass is 397 g/mol. The van der Waals surface area contributed by atoms with Crippen LogP contribution in [0.5, 0.6) is 5.75 Å². The number of halogens is 1. The van der Waals surface area contributed by atoms with E-state index in [0.717, 1.165) is 37.3 Å². The predicted octanol–water partition coefficient (Wildman–Crippen LogP) is 4.68. The number of nitrogens with two attached hydrogens (primary N) is 1. The first-order chi connectivity index (χ1) is 13.2. The summed E-state index contributed by atoms with van der Waals surface area (Å²) in [6, 6.07) is 18.5. The van der Waals surface area contributed by atoms with Gasteiger partial charge in [0, 0.05) is 5.92 Å². The Morgan fingerprint density at radius 2 is 1.79 bits per heavy atom. The second-order valence-corrected chi connectivity index (χ2v) is 7.76. The summed E-state index contributed by atoms with van der Waals surface area (Å²) in [4.78, 5) is 4.59. The van der Waals surface area contributed by atoms with Crippen LogP contribution in [-0.2, 0) is 12.1 Å². The van der Waals surface area contributed by atoms with E-state index in [4.69, 9.17) is 15.0 Å². The van der Waals surface area contributed by atoms with E-state index < -0.39 is 0 Å². The number of nitrogens with zero attached hydrogens (tertiary/aromatic N) is 2. The summed E-state index contributed by atoms with van der Waals surface area (Å²) in [5.74, 6) is 3.05. The third kappa shape index (κ3) is 3.64. The Morgan fingerprint density at radius 1 is 1.04 bits per heavy atom. The molecule has 2 aromatic carbocycles. The molecule has 28 heavy (non-hydrogen) atoms. The van der Waals surface area contributed by atoms with Gasteiger partial charge in [0.05, 0.1) is 5.54 Å². The maximum atomic E-state index is 6.29. The standard InChI is InChI=1S/C22H23N3O2.ClH/c23-22(11-4-12-22)21-24-20(27-25-21)19-13-18(19)16-7-9-17(10-8-16)26-14-15-5-2-1-3-6-15;/h1-3,5-10,18-19H,4,11-14,23H2;1H. The zero-order valence-electron chi connectivity index (χ0n) is 15.6. The molecule has 3 aromatic rings. The van der Waals surface area contributed by atoms with Gasteiger partial charge in [0.15, 0.2) is 5.82 Å². The third-order valence-corrected chi connectivity index (χ3v) is 5.80. The minimum atomic E-state index is -0.357. The van der Waals surface area contributed by atoms with Crippen molar-refractivity contribution in [2.75, 3.05) is 0 Å². The Bertz CT molecular complexity index is 922. The fourth-order valence-corrected chi connectivity index (χ4v) is 3.76. The highest BCUT2D eigenvalue weighted by Crippen LogP contribution is 2.54. The molecule has 1 aromatic heterocycles. The van der Waals surface area contributed by atoms with Crippen LogP contribution in [0.1, 0.15) is 60.4 Å². The zero-order chi connectivity index (χ0) is 18.3. The molecular formula is C22H24ClN3O2. The molecule has 2 unspecified atom stereocenters. The van der Waals surface area contributed by atoms with Gasteiger partial charge in [0.1, 0.15) is 12.4 Å². The largest absolute Gasteiger partial charge is 0.489 e. The lowest BCUT2D eigenvalue weighted by Gasteiger charge is -2.34. The third-order valence-electron chi connectivity index (χ3n) is 5.80. The number of ether oxygens (including phenoxy) is 1. The smallest absolute Gasteiger partial charge is 0.230 e. The van der Waals surface area contributed by atoms with E-state index in [9.17, 15) is 0 Å². The number of aromatic nitrogens is 2. The van der Waals surface area contributed by atoms with E-state index in [1.165, 1.54) is 11.1 Å². The van der Waals surface area contributed by atoms with Crippen LogP contribution in [0.2, 0.25) is 0 Å². The summed E-state index contributed by atoms with van der Waals surface area (Å²) in [6.07, 6.45) is 4.09. The zero-order valence-corrected chi connectivity index (χ0v) is 16.4. The number of hydrogen-bond donors (Lipinski definition) is 1. The molecule has 0 amide bonds. The molecule has 0 saturated heterocycles. The van der Waals surface area contributed by atoms with Gasteiger partial charge in [-0.3, -0.25) is 0 Å². The van der Waals surface area contributed by atoms with Crippen LogP contribution >= 0.6 is 12.4 Å². The van der Waals surface area contributed by atoms with Crippen molar-refractivity contribution < 1.29 is 9.26 Å². The summed E-state index contributed by atoms with van der Waals surface area (Å²) < 4.78 is 11.4. The topological polar surface area (TPSA) is 74.2 Å². The Hall–Kier alpha value is -2.37. The molecule has 6 heteroatoms. The van der Waals surface area contributed by atoms with Crippen LogP contribution < -0.4 is 10.5 Å². The number of hydrogen-bond acceptors (Lipinski definition) is 5. The van der Waals surface area contributed by atoms with Gasteiger partial charge in [0.25, 0.3) is 0 Å². The minimum absolute atomic E-state index is 0. The molecule has 5 rings (SSSR count). The SMILES string of the molecule is Cl.NC1(c2noc(C3CC3c3ccc(OCc4ccccc4)cc3)n2)CCC1. The van der Waals surface area contributed by atoms with Gasteiger partial charge in [-0.1, -0.05) is 47.6 Å². The lowest BCUT2D eigenvalue weighted by atomic mass is 9.77. The fraction of sp³-hybridized carbons (Fsp3) is 0.364. The minimum Gasteiger partial charge on any atom is -0.489 e. The van der Waals surface area contributed by atoms with Crippen LogP contribution in [-0.4, -0.2) is 10.1 Å². The Kier molecular flexibility index (Phi) is 5.13. The van der Waals surface area contributed by atoms with Crippen LogP contribution in [0, 0.1) is 0 Å². The van der Waals surface area contributed by atoms with E-state index in [0.29, 0.717) is 24.3 Å². The normalized spacial score (nSPS) is 22.0. The Labute approximate surface area is 170 Å². The molecule has 2 aliphatic carbocycles. The molecular weight excluding hydrogens is 374 g/mol. The van der Waals surface area contributed by atoms with Gasteiger partial charge < -0.3 is 15.0 Å². The molecule has 1 heterocycles. The molecule has 0 aliphatic heterocycles. The van der Waals surface area contributed by atoms with Crippen molar-refractivity contribution in [1.29, 1.82) is 0 Å². The van der Waals surface area contributed by atoms with Crippen molar-refractivity contribution in [3.63, 3.8) is 0 Å². The molecule has 2 atom stereocenters. The maximum absolute atomic E-state index is 6.29. The fourth-order valence-electron chi connectivity index (χ4n) is 3.76. The van der Waals surface area contributed by atoms with Gasteiger partial charge in [0.2, 0.25) is 5.89 Å². The van der Waals surface area contributed by atoms with Crippen LogP contribution in [0.25, 0.3) is 0 Å². The second-order valence-electron chi connectivity index (χ2n) is 7.76. The van der Waals surface area contributed by atoms with Crippen molar-refractivity contribution in [3.05, 3.63) is 77.4 Å². The van der Waals surface area contributed by atoms with E-state index >= 15 is 0 Å². The van der Waals surface area contributed by atoms with E-state index in [1.54, 1.807) is 0 Å². The molecule has 0 radical (unpaired) electrons. The average molecular weight is 398 g/mol. The Balaban J connectivity index is 0.00000192. The lowest BCUT2D eigenvalue weighted by Crippen LogP contribution is -2.44. The van der Waals surface area contributed by atoms with Crippen molar-refractivity contribution in [2.45, 2.75) is 49.7 Å². The Morgan fingerprint density at radius 3 is 2.46 bits per heavy atom. The number of benzene rings is 2. The molecule has 2 N–H and O–H groups in total. The summed E-state index contributed by atoms with van der Waals surface area (Å²) in [5.41, 5.74) is 8.39. The van der Waals surface area contributed by atoms with E-state index in [2.05, 4.69) is 34.4 Å². The van der Waals surface area contributed by atoms with Crippen LogP contribution in [0.15, 0.2) is 59.1 Å². The van der Waals surface area contributed by atoms with Gasteiger partial charge >= 0.3 is 0 Å². The molecule has 2 saturated carbocycles. The molecule has 5 nitrogen and oxygen atoms in total. The van der Waals surface area contributed by atoms with Crippen LogP contribution in [0.4, 0.5) is 0 Å². The molecule has 0 bridgehead atoms. The van der Waals surface area contributed by atoms with Crippen LogP contribution in [0.3, 0.4) is 0 Å². The maximum Gasteiger partial charge on any atom is 0.230 e. The first-order valence-electron chi connectivity index (χ1n) is 9.61. The molecule has 2 aliphatic rings. The number of rotatable bonds is 6. The van der Waals surface area contributed by atoms with E-state index in [-0.39, 0.29) is 17.9 Å². The molecule has 0 spiro atoms. The summed E-state index contributed by atoms with van der Waals surface area (Å²) >= 11 is 0. The van der Waals surface area contributed by atoms with Gasteiger partial charge in [-0.05, 0) is 54.9 Å². The summed E-state index contributed by atoms with van der Waals surface area (Å²) in [6.45, 7) is 0.581. The first kappa shape index (κ1) is 19.0. The van der Waals surface area contributed by atoms with E-state index in [1.807, 2.05) is 30.3 Å². The first-order valence-corrected chi connectivity index (χ1v) is 9.61. The summed E-state index contributed by atoms with van der Waals surface area (Å²) in [5, 5.41) is 4.14. The van der Waals surface area contributed by atoms with Crippen molar-refractivity contribution in [2.24, 2.45) is 5.73 Å². The highest BCUT2D eigenvalue weighted by Gasteiger charge is 2.46. The lowest BCUT2D eigenvalue weighted by molar-refractivity contribution is 0.229. The van der Waals surface area contributed by atoms with Gasteiger partial charge in [-0.15, -0.1) is 12.4 Å². The summed E-state index contributed by atoms with van der Waals surface area (Å²) in [7, 11) is 0. The van der Waals surface area contributed by atoms with Crippen molar-refractivity contribution in [1.82, 2.24) is 10.1 Å². The average Bonchev–Trinajstić information content (AvgIpc) is 3.33. The highest BCUT2D eigenvalue weighted by atomic mass is 35.5. The molecule has 146 valence electrons. The second kappa shape index (κ2) is 7.57. The van der Waals surface area contributed by atoms with Gasteiger partial charge in [-0.25, -0.2) is 0 Å². The molecule has 2 fully saturated rings. The quantitative estimate of drug-likeness (QED) is 0.653. The van der Waals surface area contributed by atoms with Crippen molar-refractivity contribution >= 4 is 12.4 Å². The van der Waals surface area contributed by atoms with Gasteiger partial charge in [-0.2, -0.15) is 4.98 Å². The highest BCUT2D eigenvalue weighted by molar-refractivity contribution is 5.85.